The van der Waals surface area contributed by atoms with Gasteiger partial charge in [-0.05, 0) is 17.7 Å². The van der Waals surface area contributed by atoms with Crippen molar-refractivity contribution in [2.45, 2.75) is 12.1 Å². The summed E-state index contributed by atoms with van der Waals surface area (Å²) in [7, 11) is 0. The van der Waals surface area contributed by atoms with E-state index in [0.29, 0.717) is 0 Å². The standard InChI is InChI=1S/C9H11NO5/c10-7(9(14)15)8(13)4-1-2-5(11)6(12)3-4/h1-3,7-8,11-13H,10H2,(H,14,15)/t7-,8+/m0/s1/i7D/hD2. The second-order valence-electron chi connectivity index (χ2n) is 2.84. The van der Waals surface area contributed by atoms with E-state index in [9.17, 15) is 15.0 Å². The Bertz CT molecular complexity index is 470. The lowest BCUT2D eigenvalue weighted by Crippen LogP contribution is -2.36. The molecule has 15 heavy (non-hydrogen) atoms. The molecule has 0 bridgehead atoms. The van der Waals surface area contributed by atoms with Crippen molar-refractivity contribution in [1.82, 2.24) is 0 Å². The van der Waals surface area contributed by atoms with E-state index in [2.05, 4.69) is 0 Å². The van der Waals surface area contributed by atoms with Crippen molar-refractivity contribution in [1.29, 1.82) is 0 Å². The van der Waals surface area contributed by atoms with E-state index in [1.807, 2.05) is 0 Å². The van der Waals surface area contributed by atoms with Crippen molar-refractivity contribution < 1.29 is 29.4 Å². The summed E-state index contributed by atoms with van der Waals surface area (Å²) in [6.45, 7) is 0. The number of carboxylic acid groups (broad SMARTS) is 1. The molecular formula is C9H11NO5. The average Bonchev–Trinajstić information content (AvgIpc) is 2.30. The molecular weight excluding hydrogens is 202 g/mol. The largest absolute Gasteiger partial charge is 0.504 e. The summed E-state index contributed by atoms with van der Waals surface area (Å²) in [6, 6.07) is -0.0248. The molecule has 1 aromatic carbocycles. The molecule has 0 aliphatic heterocycles. The van der Waals surface area contributed by atoms with Gasteiger partial charge in [-0.2, -0.15) is 0 Å². The SMILES string of the molecule is [2H]N([2H])[C@]([2H])(C(=O)O)[C@H](O)c1ccc(O)c(O)c1. The van der Waals surface area contributed by atoms with E-state index >= 15 is 0 Å². The summed E-state index contributed by atoms with van der Waals surface area (Å²) in [6.07, 6.45) is -2.06. The van der Waals surface area contributed by atoms with Gasteiger partial charge in [0, 0.05) is 0 Å². The Morgan fingerprint density at radius 2 is 2.13 bits per heavy atom. The van der Waals surface area contributed by atoms with Gasteiger partial charge in [-0.25, -0.2) is 0 Å². The number of benzene rings is 1. The molecule has 0 saturated carbocycles. The third-order valence-electron chi connectivity index (χ3n) is 1.79. The summed E-state index contributed by atoms with van der Waals surface area (Å²) in [4.78, 5) is 10.9. The molecule has 0 aliphatic rings. The van der Waals surface area contributed by atoms with Crippen molar-refractivity contribution in [2.75, 3.05) is 0 Å². The fourth-order valence-corrected chi connectivity index (χ4v) is 0.985. The maximum Gasteiger partial charge on any atom is 0.323 e. The van der Waals surface area contributed by atoms with Gasteiger partial charge in [0.05, 0.1) is 1.37 Å². The summed E-state index contributed by atoms with van der Waals surface area (Å²) >= 11 is 0. The molecule has 0 saturated heterocycles. The van der Waals surface area contributed by atoms with Gasteiger partial charge in [0.15, 0.2) is 11.5 Å². The Morgan fingerprint density at radius 3 is 2.60 bits per heavy atom. The zero-order valence-corrected chi connectivity index (χ0v) is 7.45. The van der Waals surface area contributed by atoms with Crippen LogP contribution in [0.3, 0.4) is 0 Å². The van der Waals surface area contributed by atoms with Gasteiger partial charge in [-0.1, -0.05) is 6.07 Å². The molecule has 0 fully saturated rings. The van der Waals surface area contributed by atoms with Gasteiger partial charge < -0.3 is 26.1 Å². The molecule has 0 heterocycles. The quantitative estimate of drug-likeness (QED) is 0.434. The molecule has 6 heteroatoms. The Hall–Kier alpha value is -1.79. The number of aliphatic carboxylic acids is 1. The monoisotopic (exact) mass is 216 g/mol. The van der Waals surface area contributed by atoms with Crippen LogP contribution < -0.4 is 5.72 Å². The Balaban J connectivity index is 3.22. The smallest absolute Gasteiger partial charge is 0.323 e. The molecule has 6 nitrogen and oxygen atoms in total. The normalized spacial score (nSPS) is 19.7. The van der Waals surface area contributed by atoms with Crippen LogP contribution in [0.1, 0.15) is 13.0 Å². The van der Waals surface area contributed by atoms with E-state index in [0.717, 1.165) is 18.2 Å². The molecule has 82 valence electrons. The van der Waals surface area contributed by atoms with Gasteiger partial charge in [-0.3, -0.25) is 4.79 Å². The highest BCUT2D eigenvalue weighted by atomic mass is 16.4. The molecule has 1 rings (SSSR count). The number of aromatic hydroxyl groups is 2. The topological polar surface area (TPSA) is 124 Å². The first-order valence-electron chi connectivity index (χ1n) is 5.32. The average molecular weight is 216 g/mol. The van der Waals surface area contributed by atoms with Gasteiger partial charge in [0.25, 0.3) is 0 Å². The minimum atomic E-state index is -2.95. The molecule has 0 spiro atoms. The van der Waals surface area contributed by atoms with Gasteiger partial charge in [0.2, 0.25) is 0 Å². The van der Waals surface area contributed by atoms with E-state index < -0.39 is 35.3 Å². The van der Waals surface area contributed by atoms with Crippen molar-refractivity contribution in [2.24, 2.45) is 5.72 Å². The molecule has 0 radical (unpaired) electrons. The fraction of sp³-hybridized carbons (Fsp3) is 0.222. The van der Waals surface area contributed by atoms with Gasteiger partial charge in [0.1, 0.15) is 14.9 Å². The number of carboxylic acids is 1. The second kappa shape index (κ2) is 4.16. The van der Waals surface area contributed by atoms with Crippen LogP contribution in [0.5, 0.6) is 11.5 Å². The Morgan fingerprint density at radius 1 is 1.47 bits per heavy atom. The van der Waals surface area contributed by atoms with E-state index in [1.165, 1.54) is 0 Å². The maximum absolute atomic E-state index is 10.9. The van der Waals surface area contributed by atoms with Crippen LogP contribution in [0.2, 0.25) is 2.82 Å². The molecule has 0 aliphatic carbocycles. The van der Waals surface area contributed by atoms with E-state index in [-0.39, 0.29) is 5.56 Å². The van der Waals surface area contributed by atoms with Crippen molar-refractivity contribution in [3.63, 3.8) is 0 Å². The highest BCUT2D eigenvalue weighted by Crippen LogP contribution is 2.28. The summed E-state index contributed by atoms with van der Waals surface area (Å²) < 4.78 is 21.2. The molecule has 0 amide bonds. The van der Waals surface area contributed by atoms with E-state index in [1.54, 1.807) is 0 Å². The van der Waals surface area contributed by atoms with Crippen molar-refractivity contribution in [3.8, 4) is 11.5 Å². The Kier molecular flexibility index (Phi) is 2.08. The summed E-state index contributed by atoms with van der Waals surface area (Å²) in [5.41, 5.74) is -0.670. The van der Waals surface area contributed by atoms with Crippen LogP contribution in [0.25, 0.3) is 0 Å². The van der Waals surface area contributed by atoms with E-state index in [4.69, 9.17) is 14.4 Å². The molecule has 2 atom stereocenters. The molecule has 6 N–H and O–H groups in total. The first kappa shape index (κ1) is 7.49. The third-order valence-corrected chi connectivity index (χ3v) is 1.79. The summed E-state index contributed by atoms with van der Waals surface area (Å²) in [5, 5.41) is 36.9. The lowest BCUT2D eigenvalue weighted by atomic mass is 10.0. The number of hydrogen-bond donors (Lipinski definition) is 5. The van der Waals surface area contributed by atoms with Crippen molar-refractivity contribution in [3.05, 3.63) is 23.8 Å². The predicted octanol–water partition coefficient (Wildman–Crippen LogP) is -0.457. The lowest BCUT2D eigenvalue weighted by molar-refractivity contribution is -0.141. The first-order chi connectivity index (χ1) is 8.21. The highest BCUT2D eigenvalue weighted by Gasteiger charge is 2.24. The number of aliphatic hydroxyl groups is 1. The number of aliphatic hydroxyl groups excluding tert-OH is 1. The minimum absolute atomic E-state index is 0.216. The zero-order valence-electron chi connectivity index (χ0n) is 10.5. The molecule has 0 unspecified atom stereocenters. The zero-order chi connectivity index (χ0) is 14.1. The highest BCUT2D eigenvalue weighted by molar-refractivity contribution is 5.74. The number of phenols is 2. The lowest BCUT2D eigenvalue weighted by Gasteiger charge is -2.15. The molecule has 1 aromatic rings. The Labute approximate surface area is 89.5 Å². The number of phenolic OH excluding ortho intramolecular Hbond substituents is 2. The fourth-order valence-electron chi connectivity index (χ4n) is 0.985. The van der Waals surface area contributed by atoms with Crippen LogP contribution in [-0.2, 0) is 4.79 Å². The number of nitrogens with two attached hydrogens (primary N) is 1. The minimum Gasteiger partial charge on any atom is -0.504 e. The molecule has 0 aromatic heterocycles. The summed E-state index contributed by atoms with van der Waals surface area (Å²) in [5.74, 6) is -2.99. The van der Waals surface area contributed by atoms with Crippen LogP contribution in [-0.4, -0.2) is 32.4 Å². The number of carbonyl (C=O) groups is 1. The second-order valence-corrected chi connectivity index (χ2v) is 2.84. The number of hydrogen-bond acceptors (Lipinski definition) is 5. The van der Waals surface area contributed by atoms with Crippen molar-refractivity contribution >= 4 is 5.97 Å². The third kappa shape index (κ3) is 2.36. The number of rotatable bonds is 4. The van der Waals surface area contributed by atoms with Gasteiger partial charge >= 0.3 is 5.97 Å². The predicted molar refractivity (Wildman–Crippen MR) is 50.3 cm³/mol. The van der Waals surface area contributed by atoms with Crippen LogP contribution >= 0.6 is 0 Å². The van der Waals surface area contributed by atoms with Crippen LogP contribution in [0, 0.1) is 0 Å². The first-order valence-corrected chi connectivity index (χ1v) is 3.92. The van der Waals surface area contributed by atoms with Crippen LogP contribution in [0.15, 0.2) is 18.2 Å². The maximum atomic E-state index is 10.9. The van der Waals surface area contributed by atoms with Crippen LogP contribution in [0.4, 0.5) is 0 Å². The van der Waals surface area contributed by atoms with Gasteiger partial charge in [-0.15, -0.1) is 0 Å².